The van der Waals surface area contributed by atoms with Crippen LogP contribution in [0.25, 0.3) is 0 Å². The molecule has 92 valence electrons. The van der Waals surface area contributed by atoms with Crippen LogP contribution in [0.5, 0.6) is 0 Å². The van der Waals surface area contributed by atoms with Crippen LogP contribution in [-0.2, 0) is 9.53 Å². The second kappa shape index (κ2) is 5.15. The number of amides is 1. The number of hydrogen-bond acceptors (Lipinski definition) is 3. The molecule has 16 heavy (non-hydrogen) atoms. The van der Waals surface area contributed by atoms with Crippen LogP contribution in [0.1, 0.15) is 39.5 Å². The average molecular weight is 226 g/mol. The lowest BCUT2D eigenvalue weighted by Gasteiger charge is -2.33. The van der Waals surface area contributed by atoms with Crippen molar-refractivity contribution in [2.24, 2.45) is 0 Å². The Kier molecular flexibility index (Phi) is 3.82. The van der Waals surface area contributed by atoms with Crippen LogP contribution in [0.4, 0.5) is 0 Å². The Labute approximate surface area is 97.1 Å². The van der Waals surface area contributed by atoms with Crippen molar-refractivity contribution in [1.29, 1.82) is 0 Å². The summed E-state index contributed by atoms with van der Waals surface area (Å²) in [7, 11) is 0. The van der Waals surface area contributed by atoms with E-state index in [1.165, 1.54) is 0 Å². The molecule has 2 heterocycles. The van der Waals surface area contributed by atoms with Crippen LogP contribution >= 0.6 is 0 Å². The molecule has 2 rings (SSSR count). The lowest BCUT2D eigenvalue weighted by atomic mass is 9.99. The van der Waals surface area contributed by atoms with E-state index < -0.39 is 0 Å². The van der Waals surface area contributed by atoms with Gasteiger partial charge >= 0.3 is 0 Å². The number of nitrogens with one attached hydrogen (secondary N) is 2. The van der Waals surface area contributed by atoms with Crippen molar-refractivity contribution in [3.63, 3.8) is 0 Å². The summed E-state index contributed by atoms with van der Waals surface area (Å²) >= 11 is 0. The van der Waals surface area contributed by atoms with E-state index in [1.54, 1.807) is 0 Å². The van der Waals surface area contributed by atoms with Gasteiger partial charge in [-0.25, -0.2) is 0 Å². The van der Waals surface area contributed by atoms with Gasteiger partial charge in [0.25, 0.3) is 0 Å². The third-order valence-electron chi connectivity index (χ3n) is 3.42. The van der Waals surface area contributed by atoms with Gasteiger partial charge in [0, 0.05) is 6.04 Å². The van der Waals surface area contributed by atoms with E-state index in [0.717, 1.165) is 32.2 Å². The number of hydrogen-bond donors (Lipinski definition) is 2. The van der Waals surface area contributed by atoms with Crippen molar-refractivity contribution >= 4 is 5.91 Å². The Morgan fingerprint density at radius 2 is 2.00 bits per heavy atom. The molecule has 0 bridgehead atoms. The molecule has 0 spiro atoms. The van der Waals surface area contributed by atoms with E-state index in [1.807, 2.05) is 0 Å². The lowest BCUT2D eigenvalue weighted by Crippen LogP contribution is -2.49. The third-order valence-corrected chi connectivity index (χ3v) is 3.42. The molecule has 0 aliphatic carbocycles. The van der Waals surface area contributed by atoms with Gasteiger partial charge in [-0.3, -0.25) is 4.79 Å². The van der Waals surface area contributed by atoms with Crippen molar-refractivity contribution in [2.75, 3.05) is 6.54 Å². The molecular formula is C12H22N2O2. The zero-order valence-corrected chi connectivity index (χ0v) is 10.2. The maximum Gasteiger partial charge on any atom is 0.237 e. The summed E-state index contributed by atoms with van der Waals surface area (Å²) in [5.74, 6) is 0.170. The van der Waals surface area contributed by atoms with Gasteiger partial charge in [-0.05, 0) is 46.1 Å². The number of carbonyl (C=O) groups excluding carboxylic acids is 1. The highest BCUT2D eigenvalue weighted by Gasteiger charge is 2.28. The Balaban J connectivity index is 1.81. The second-order valence-electron chi connectivity index (χ2n) is 5.08. The van der Waals surface area contributed by atoms with E-state index in [9.17, 15) is 4.79 Å². The van der Waals surface area contributed by atoms with Crippen molar-refractivity contribution in [3.8, 4) is 0 Å². The molecule has 0 aromatic carbocycles. The molecule has 2 aliphatic rings. The topological polar surface area (TPSA) is 50.4 Å². The summed E-state index contributed by atoms with van der Waals surface area (Å²) in [4.78, 5) is 11.9. The van der Waals surface area contributed by atoms with E-state index >= 15 is 0 Å². The van der Waals surface area contributed by atoms with Gasteiger partial charge in [0.15, 0.2) is 0 Å². The number of ether oxygens (including phenoxy) is 1. The monoisotopic (exact) mass is 226 g/mol. The quantitative estimate of drug-likeness (QED) is 0.732. The van der Waals surface area contributed by atoms with Crippen molar-refractivity contribution < 1.29 is 9.53 Å². The van der Waals surface area contributed by atoms with Crippen molar-refractivity contribution in [3.05, 3.63) is 0 Å². The molecule has 4 heteroatoms. The van der Waals surface area contributed by atoms with Crippen LogP contribution in [0.2, 0.25) is 0 Å². The first kappa shape index (κ1) is 11.9. The molecule has 0 aromatic rings. The van der Waals surface area contributed by atoms with E-state index in [0.29, 0.717) is 0 Å². The van der Waals surface area contributed by atoms with Gasteiger partial charge in [-0.2, -0.15) is 0 Å². The van der Waals surface area contributed by atoms with Crippen LogP contribution < -0.4 is 10.6 Å². The minimum absolute atomic E-state index is 0.0356. The van der Waals surface area contributed by atoms with Gasteiger partial charge in [-0.1, -0.05) is 0 Å². The second-order valence-corrected chi connectivity index (χ2v) is 5.08. The third kappa shape index (κ3) is 2.95. The van der Waals surface area contributed by atoms with Gasteiger partial charge in [0.1, 0.15) is 0 Å². The normalized spacial score (nSPS) is 39.6. The zero-order chi connectivity index (χ0) is 11.5. The van der Waals surface area contributed by atoms with Gasteiger partial charge < -0.3 is 15.4 Å². The van der Waals surface area contributed by atoms with E-state index in [2.05, 4.69) is 24.5 Å². The SMILES string of the molecule is C[C@@H]1CC(NC(=O)[C@H]2CCCN2)C[C@@H](C)O1. The van der Waals surface area contributed by atoms with Crippen LogP contribution in [0.15, 0.2) is 0 Å². The molecule has 2 fully saturated rings. The maximum absolute atomic E-state index is 11.9. The summed E-state index contributed by atoms with van der Waals surface area (Å²) < 4.78 is 5.66. The van der Waals surface area contributed by atoms with E-state index in [4.69, 9.17) is 4.74 Å². The highest BCUT2D eigenvalue weighted by molar-refractivity contribution is 5.82. The molecule has 4 nitrogen and oxygen atoms in total. The Morgan fingerprint density at radius 3 is 2.56 bits per heavy atom. The predicted molar refractivity (Wildman–Crippen MR) is 62.2 cm³/mol. The maximum atomic E-state index is 11.9. The number of carbonyl (C=O) groups is 1. The smallest absolute Gasteiger partial charge is 0.237 e. The molecular weight excluding hydrogens is 204 g/mol. The van der Waals surface area contributed by atoms with Crippen LogP contribution in [-0.4, -0.2) is 36.7 Å². The zero-order valence-electron chi connectivity index (χ0n) is 10.2. The highest BCUT2D eigenvalue weighted by atomic mass is 16.5. The van der Waals surface area contributed by atoms with Gasteiger partial charge in [0.05, 0.1) is 18.2 Å². The van der Waals surface area contributed by atoms with Crippen molar-refractivity contribution in [2.45, 2.75) is 63.8 Å². The Bertz CT molecular complexity index is 241. The lowest BCUT2D eigenvalue weighted by molar-refractivity contribution is -0.125. The standard InChI is InChI=1S/C12H22N2O2/c1-8-6-10(7-9(2)16-8)14-12(15)11-4-3-5-13-11/h8-11,13H,3-7H2,1-2H3,(H,14,15)/t8-,9-,11-/m1/s1. The summed E-state index contributed by atoms with van der Waals surface area (Å²) in [6.45, 7) is 5.12. The molecule has 2 aliphatic heterocycles. The predicted octanol–water partition coefficient (Wildman–Crippen LogP) is 0.811. The summed E-state index contributed by atoms with van der Waals surface area (Å²) in [5, 5.41) is 6.37. The minimum atomic E-state index is 0.0356. The molecule has 2 saturated heterocycles. The summed E-state index contributed by atoms with van der Waals surface area (Å²) in [5.41, 5.74) is 0. The minimum Gasteiger partial charge on any atom is -0.375 e. The Hall–Kier alpha value is -0.610. The molecule has 3 atom stereocenters. The largest absolute Gasteiger partial charge is 0.375 e. The van der Waals surface area contributed by atoms with E-state index in [-0.39, 0.29) is 30.2 Å². The molecule has 1 amide bonds. The number of rotatable bonds is 2. The molecule has 0 saturated carbocycles. The fraction of sp³-hybridized carbons (Fsp3) is 0.917. The fourth-order valence-corrected chi connectivity index (χ4v) is 2.73. The summed E-state index contributed by atoms with van der Waals surface area (Å²) in [6.07, 6.45) is 4.46. The van der Waals surface area contributed by atoms with Gasteiger partial charge in [-0.15, -0.1) is 0 Å². The molecule has 0 radical (unpaired) electrons. The fourth-order valence-electron chi connectivity index (χ4n) is 2.73. The van der Waals surface area contributed by atoms with Crippen LogP contribution in [0.3, 0.4) is 0 Å². The first-order valence-electron chi connectivity index (χ1n) is 6.34. The molecule has 0 unspecified atom stereocenters. The average Bonchev–Trinajstić information content (AvgIpc) is 2.68. The van der Waals surface area contributed by atoms with Gasteiger partial charge in [0.2, 0.25) is 5.91 Å². The first-order valence-corrected chi connectivity index (χ1v) is 6.34. The molecule has 2 N–H and O–H groups in total. The first-order chi connectivity index (χ1) is 7.65. The van der Waals surface area contributed by atoms with Crippen LogP contribution in [0, 0.1) is 0 Å². The van der Waals surface area contributed by atoms with Crippen molar-refractivity contribution in [1.82, 2.24) is 10.6 Å². The Morgan fingerprint density at radius 1 is 1.31 bits per heavy atom. The summed E-state index contributed by atoms with van der Waals surface area (Å²) in [6, 6.07) is 0.321. The molecule has 0 aromatic heterocycles. The highest BCUT2D eigenvalue weighted by Crippen LogP contribution is 2.19.